The number of aromatic nitrogens is 4. The Morgan fingerprint density at radius 2 is 1.84 bits per heavy atom. The second kappa shape index (κ2) is 15.2. The van der Waals surface area contributed by atoms with Crippen LogP contribution in [0.4, 0.5) is 5.95 Å². The van der Waals surface area contributed by atoms with Gasteiger partial charge in [-0.2, -0.15) is 19.6 Å². The van der Waals surface area contributed by atoms with Crippen LogP contribution in [0.1, 0.15) is 45.1 Å². The average molecular weight is 592 g/mol. The molecule has 11 nitrogen and oxygen atoms in total. The Kier molecular flexibility index (Phi) is 11.4. The van der Waals surface area contributed by atoms with Gasteiger partial charge in [0.2, 0.25) is 11.9 Å². The molecule has 4 rings (SSSR count). The molecule has 0 bridgehead atoms. The Labute approximate surface area is 256 Å². The van der Waals surface area contributed by atoms with E-state index in [1.54, 1.807) is 10.6 Å². The Bertz CT molecular complexity index is 1330. The second-order valence-corrected chi connectivity index (χ2v) is 12.0. The number of ether oxygens (including phenoxy) is 1. The van der Waals surface area contributed by atoms with Crippen molar-refractivity contribution in [1.29, 1.82) is 0 Å². The van der Waals surface area contributed by atoms with Gasteiger partial charge in [0.25, 0.3) is 0 Å². The number of anilines is 1. The fourth-order valence-corrected chi connectivity index (χ4v) is 5.25. The van der Waals surface area contributed by atoms with Crippen LogP contribution in [-0.2, 0) is 4.79 Å². The summed E-state index contributed by atoms with van der Waals surface area (Å²) >= 11 is 0. The number of nitrogens with one attached hydrogen (secondary N) is 1. The summed E-state index contributed by atoms with van der Waals surface area (Å²) in [5.41, 5.74) is 3.77. The summed E-state index contributed by atoms with van der Waals surface area (Å²) in [6.45, 7) is 16.7. The average Bonchev–Trinajstić information content (AvgIpc) is 3.42. The lowest BCUT2D eigenvalue weighted by molar-refractivity contribution is -0.127. The van der Waals surface area contributed by atoms with Crippen LogP contribution in [0.15, 0.2) is 54.4 Å². The van der Waals surface area contributed by atoms with Gasteiger partial charge in [0, 0.05) is 69.7 Å². The highest BCUT2D eigenvalue weighted by molar-refractivity contribution is 5.87. The Morgan fingerprint density at radius 3 is 2.49 bits per heavy atom. The van der Waals surface area contributed by atoms with Gasteiger partial charge in [-0.05, 0) is 58.5 Å². The molecule has 0 aromatic carbocycles. The number of fused-ring (bicyclic) bond motifs is 1. The number of nitrogens with zero attached hydrogens (tertiary/aromatic N) is 8. The van der Waals surface area contributed by atoms with Crippen molar-refractivity contribution in [2.45, 2.75) is 45.6 Å². The van der Waals surface area contributed by atoms with Crippen molar-refractivity contribution in [2.24, 2.45) is 0 Å². The van der Waals surface area contributed by atoms with E-state index >= 15 is 0 Å². The number of piperazine rings is 1. The molecule has 2 aromatic rings. The van der Waals surface area contributed by atoms with E-state index < -0.39 is 0 Å². The summed E-state index contributed by atoms with van der Waals surface area (Å²) in [6, 6.07) is 0.377. The van der Waals surface area contributed by atoms with Crippen LogP contribution >= 0.6 is 0 Å². The molecule has 1 amide bonds. The molecular weight excluding hydrogens is 542 g/mol. The smallest absolute Gasteiger partial charge is 0.322 e. The maximum absolute atomic E-state index is 12.7. The van der Waals surface area contributed by atoms with E-state index in [-0.39, 0.29) is 17.9 Å². The molecule has 0 saturated carbocycles. The number of rotatable bonds is 12. The van der Waals surface area contributed by atoms with E-state index in [2.05, 4.69) is 53.8 Å². The van der Waals surface area contributed by atoms with Crippen LogP contribution in [0, 0.1) is 0 Å². The van der Waals surface area contributed by atoms with E-state index in [1.165, 1.54) is 0 Å². The number of allylic oxidation sites excluding steroid dienone is 3. The van der Waals surface area contributed by atoms with Gasteiger partial charge in [0.05, 0.1) is 6.20 Å². The van der Waals surface area contributed by atoms with Crippen LogP contribution in [0.5, 0.6) is 6.01 Å². The summed E-state index contributed by atoms with van der Waals surface area (Å²) in [4.78, 5) is 30.7. The summed E-state index contributed by atoms with van der Waals surface area (Å²) in [5.74, 6) is 0.897. The molecule has 4 heterocycles. The van der Waals surface area contributed by atoms with Crippen molar-refractivity contribution in [3.05, 3.63) is 60.0 Å². The molecule has 2 aliphatic rings. The molecule has 0 spiro atoms. The molecule has 11 heteroatoms. The first-order valence-electron chi connectivity index (χ1n) is 15.4. The predicted octanol–water partition coefficient (Wildman–Crippen LogP) is 3.41. The van der Waals surface area contributed by atoms with Crippen LogP contribution in [0.2, 0.25) is 0 Å². The lowest BCUT2D eigenvalue weighted by Gasteiger charge is -2.37. The zero-order valence-electron chi connectivity index (χ0n) is 26.8. The fraction of sp³-hybridized carbons (Fsp3) is 0.562. The van der Waals surface area contributed by atoms with Gasteiger partial charge in [-0.15, -0.1) is 0 Å². The lowest BCUT2D eigenvalue weighted by Crippen LogP contribution is -2.48. The van der Waals surface area contributed by atoms with Gasteiger partial charge >= 0.3 is 6.01 Å². The largest absolute Gasteiger partial charge is 0.460 e. The maximum Gasteiger partial charge on any atom is 0.322 e. The van der Waals surface area contributed by atoms with E-state index in [0.29, 0.717) is 31.6 Å². The van der Waals surface area contributed by atoms with Crippen molar-refractivity contribution in [2.75, 3.05) is 78.8 Å². The number of carbonyl (C=O) groups excluding carboxylic acids is 1. The molecule has 2 fully saturated rings. The van der Waals surface area contributed by atoms with Crippen LogP contribution in [0.3, 0.4) is 0 Å². The minimum absolute atomic E-state index is 0.0621. The van der Waals surface area contributed by atoms with Gasteiger partial charge < -0.3 is 29.7 Å². The van der Waals surface area contributed by atoms with Gasteiger partial charge in [0.15, 0.2) is 5.65 Å². The maximum atomic E-state index is 12.7. The topological polar surface area (TPSA) is 94.4 Å². The summed E-state index contributed by atoms with van der Waals surface area (Å²) in [6.07, 6.45) is 13.6. The number of amides is 1. The standard InChI is InChI=1S/C32H49N9O2/c1-8-9-11-28(39-18-20-40(21-19-39)29(42)12-10-15-37(5)6)25(4)22-33-31-36-32(43-26-13-16-38(7)17-14-26)35-30-27(24(2)3)23-34-41(30)31/h8-12,23-24,26H,4,13-22H2,1-3,5-7H3,(H,33,35,36)/b9-8-,12-10+,28-11+. The quantitative estimate of drug-likeness (QED) is 0.294. The number of hydrogen-bond donors (Lipinski definition) is 1. The second-order valence-electron chi connectivity index (χ2n) is 12.0. The van der Waals surface area contributed by atoms with Crippen molar-refractivity contribution in [1.82, 2.24) is 39.2 Å². The minimum Gasteiger partial charge on any atom is -0.460 e. The monoisotopic (exact) mass is 591 g/mol. The first-order valence-corrected chi connectivity index (χ1v) is 15.4. The van der Waals surface area contributed by atoms with Gasteiger partial charge in [0.1, 0.15) is 6.10 Å². The Hall–Kier alpha value is -3.70. The zero-order chi connectivity index (χ0) is 30.9. The fourth-order valence-electron chi connectivity index (χ4n) is 5.25. The molecule has 2 aromatic heterocycles. The third-order valence-electron chi connectivity index (χ3n) is 7.87. The van der Waals surface area contributed by atoms with Crippen molar-refractivity contribution in [3.8, 4) is 6.01 Å². The van der Waals surface area contributed by atoms with Crippen LogP contribution in [-0.4, -0.2) is 125 Å². The first kappa shape index (κ1) is 32.2. The molecule has 0 unspecified atom stereocenters. The predicted molar refractivity (Wildman–Crippen MR) is 172 cm³/mol. The Balaban J connectivity index is 1.46. The molecule has 234 valence electrons. The lowest BCUT2D eigenvalue weighted by atomic mass is 10.1. The van der Waals surface area contributed by atoms with Crippen molar-refractivity contribution in [3.63, 3.8) is 0 Å². The third-order valence-corrected chi connectivity index (χ3v) is 7.87. The molecule has 2 aliphatic heterocycles. The number of carbonyl (C=O) groups is 1. The highest BCUT2D eigenvalue weighted by Crippen LogP contribution is 2.25. The Morgan fingerprint density at radius 1 is 1.14 bits per heavy atom. The molecule has 0 aliphatic carbocycles. The SMILES string of the molecule is C=C(CNc1nc(OC2CCN(C)CC2)nc2c(C(C)C)cnn12)/C(=C\C=C/C)N1CCN(C(=O)/C=C/CN(C)C)CC1. The normalized spacial score (nSPS) is 17.7. The van der Waals surface area contributed by atoms with E-state index in [0.717, 1.165) is 68.0 Å². The number of likely N-dealkylation sites (N-methyl/N-ethyl adjacent to an activating group) is 1. The van der Waals surface area contributed by atoms with Gasteiger partial charge in [-0.3, -0.25) is 4.79 Å². The highest BCUT2D eigenvalue weighted by atomic mass is 16.5. The molecular formula is C32H49N9O2. The van der Waals surface area contributed by atoms with E-state index in [4.69, 9.17) is 14.7 Å². The number of likely N-dealkylation sites (tertiary alicyclic amines) is 1. The first-order chi connectivity index (χ1) is 20.7. The van der Waals surface area contributed by atoms with Gasteiger partial charge in [-0.1, -0.05) is 38.7 Å². The molecule has 43 heavy (non-hydrogen) atoms. The van der Waals surface area contributed by atoms with E-state index in [1.807, 2.05) is 55.2 Å². The minimum atomic E-state index is 0.0621. The molecule has 0 radical (unpaired) electrons. The number of hydrogen-bond acceptors (Lipinski definition) is 9. The number of piperidine rings is 1. The highest BCUT2D eigenvalue weighted by Gasteiger charge is 2.24. The van der Waals surface area contributed by atoms with Crippen molar-refractivity contribution >= 4 is 17.5 Å². The summed E-state index contributed by atoms with van der Waals surface area (Å²) in [5, 5.41) is 8.08. The summed E-state index contributed by atoms with van der Waals surface area (Å²) in [7, 11) is 6.11. The third kappa shape index (κ3) is 8.67. The van der Waals surface area contributed by atoms with Crippen LogP contribution < -0.4 is 10.1 Å². The molecule has 1 N–H and O–H groups in total. The molecule has 2 saturated heterocycles. The van der Waals surface area contributed by atoms with Crippen LogP contribution in [0.25, 0.3) is 5.65 Å². The van der Waals surface area contributed by atoms with Gasteiger partial charge in [-0.25, -0.2) is 0 Å². The molecule has 0 atom stereocenters. The van der Waals surface area contributed by atoms with E-state index in [9.17, 15) is 4.79 Å². The van der Waals surface area contributed by atoms with Crippen molar-refractivity contribution < 1.29 is 9.53 Å². The summed E-state index contributed by atoms with van der Waals surface area (Å²) < 4.78 is 8.06. The zero-order valence-corrected chi connectivity index (χ0v) is 26.8.